The van der Waals surface area contributed by atoms with Crippen molar-refractivity contribution in [2.24, 2.45) is 34.7 Å². The number of amides is 2. The Morgan fingerprint density at radius 3 is 1.89 bits per heavy atom. The van der Waals surface area contributed by atoms with Gasteiger partial charge in [0.15, 0.2) is 0 Å². The van der Waals surface area contributed by atoms with E-state index in [2.05, 4.69) is 5.43 Å². The van der Waals surface area contributed by atoms with E-state index < -0.39 is 39.2 Å². The average Bonchev–Trinajstić information content (AvgIpc) is 3.05. The second-order valence-electron chi connectivity index (χ2n) is 12.1. The van der Waals surface area contributed by atoms with Gasteiger partial charge >= 0.3 is 0 Å². The molecular weight excluding hydrogens is 620 g/mol. The van der Waals surface area contributed by atoms with Crippen LogP contribution < -0.4 is 22.5 Å². The van der Waals surface area contributed by atoms with Crippen molar-refractivity contribution in [3.8, 4) is 0 Å². The lowest BCUT2D eigenvalue weighted by Gasteiger charge is -2.42. The van der Waals surface area contributed by atoms with Crippen LogP contribution in [0.3, 0.4) is 0 Å². The Morgan fingerprint density at radius 2 is 1.43 bits per heavy atom. The zero-order valence-corrected chi connectivity index (χ0v) is 28.1. The summed E-state index contributed by atoms with van der Waals surface area (Å²) in [5.41, 5.74) is 11.2. The van der Waals surface area contributed by atoms with Crippen LogP contribution in [0.1, 0.15) is 56.2 Å². The van der Waals surface area contributed by atoms with Gasteiger partial charge in [-0.05, 0) is 74.8 Å². The minimum absolute atomic E-state index is 0.0315. The number of carbonyl (C=O) groups is 3. The van der Waals surface area contributed by atoms with Crippen LogP contribution in [0.2, 0.25) is 0 Å². The summed E-state index contributed by atoms with van der Waals surface area (Å²) in [7, 11) is -4.02. The molecule has 3 rings (SSSR count). The van der Waals surface area contributed by atoms with Crippen molar-refractivity contribution >= 4 is 27.7 Å². The number of hydroxylamine groups is 1. The van der Waals surface area contributed by atoms with Crippen molar-refractivity contribution in [3.05, 3.63) is 102 Å². The van der Waals surface area contributed by atoms with Gasteiger partial charge in [-0.2, -0.15) is 8.42 Å². The van der Waals surface area contributed by atoms with Gasteiger partial charge < -0.3 is 5.73 Å². The van der Waals surface area contributed by atoms with Crippen molar-refractivity contribution in [1.29, 1.82) is 0 Å². The van der Waals surface area contributed by atoms with E-state index in [0.717, 1.165) is 16.7 Å². The van der Waals surface area contributed by atoms with Gasteiger partial charge in [-0.25, -0.2) is 11.3 Å². The first-order valence-corrected chi connectivity index (χ1v) is 17.0. The van der Waals surface area contributed by atoms with Gasteiger partial charge in [0.2, 0.25) is 11.8 Å². The number of benzene rings is 3. The molecule has 0 saturated carbocycles. The van der Waals surface area contributed by atoms with Crippen LogP contribution in [0.25, 0.3) is 0 Å². The number of nitrogens with two attached hydrogens (primary N) is 2. The molecule has 0 radical (unpaired) electrons. The molecule has 0 aliphatic carbocycles. The zero-order valence-electron chi connectivity index (χ0n) is 27.3. The molecule has 3 aromatic carbocycles. The van der Waals surface area contributed by atoms with Gasteiger partial charge in [-0.15, -0.1) is 0 Å². The topological polar surface area (TPSA) is 202 Å². The van der Waals surface area contributed by atoms with Crippen LogP contribution in [0.15, 0.2) is 89.8 Å². The Bertz CT molecular complexity index is 1520. The molecule has 0 aromatic heterocycles. The van der Waals surface area contributed by atoms with Gasteiger partial charge in [0.05, 0.1) is 16.7 Å². The van der Waals surface area contributed by atoms with Crippen LogP contribution in [0, 0.1) is 30.1 Å². The summed E-state index contributed by atoms with van der Waals surface area (Å²) in [4.78, 5) is 40.6. The van der Waals surface area contributed by atoms with Crippen LogP contribution in [0.5, 0.6) is 0 Å². The second kappa shape index (κ2) is 19.0. The first kappa shape index (κ1) is 39.2. The standard InChI is InChI=1S/C28H40N4O4.C7H8O3S/c1-20(2)18-23(26(34)31-30)25(27(35)32-36)28(24(33)14-9-17-29,19-22-12-7-4-8-13-22)16-15-21-10-5-3-6-11-21;1-6-2-4-7(5-3-6)11(8,9)10/h3-8,10-13,20,23,25,36H,9,14-19,29-30H2,1-2H3,(H,31,34)(H,32,35);2-5H,1H3,(H,8,9,10)/t23-,25-,28?;/m1./s1. The summed E-state index contributed by atoms with van der Waals surface area (Å²) in [5, 5.41) is 9.82. The number of hydrogen-bond acceptors (Lipinski definition) is 8. The predicted octanol–water partition coefficient (Wildman–Crippen LogP) is 4.17. The van der Waals surface area contributed by atoms with Crippen LogP contribution in [-0.2, 0) is 37.3 Å². The number of hydrogen-bond donors (Lipinski definition) is 6. The number of ketones is 1. The highest BCUT2D eigenvalue weighted by atomic mass is 32.2. The average molecular weight is 669 g/mol. The van der Waals surface area contributed by atoms with Gasteiger partial charge in [-0.1, -0.05) is 92.2 Å². The quantitative estimate of drug-likeness (QED) is 0.0426. The lowest BCUT2D eigenvalue weighted by Crippen LogP contribution is -2.55. The summed E-state index contributed by atoms with van der Waals surface area (Å²) >= 11 is 0. The molecule has 0 aliphatic rings. The second-order valence-corrected chi connectivity index (χ2v) is 13.5. The normalized spacial score (nSPS) is 13.8. The van der Waals surface area contributed by atoms with E-state index in [-0.39, 0.29) is 29.4 Å². The summed E-state index contributed by atoms with van der Waals surface area (Å²) in [6.07, 6.45) is 1.97. The number of rotatable bonds is 16. The number of carbonyl (C=O) groups excluding carboxylic acids is 3. The highest BCUT2D eigenvalue weighted by Crippen LogP contribution is 2.45. The van der Waals surface area contributed by atoms with E-state index >= 15 is 0 Å². The van der Waals surface area contributed by atoms with Gasteiger partial charge in [0.25, 0.3) is 10.1 Å². The zero-order chi connectivity index (χ0) is 35.0. The number of hydrazine groups is 1. The highest BCUT2D eigenvalue weighted by molar-refractivity contribution is 7.85. The third-order valence-electron chi connectivity index (χ3n) is 8.14. The Morgan fingerprint density at radius 1 is 0.872 bits per heavy atom. The van der Waals surface area contributed by atoms with Crippen molar-refractivity contribution < 1.29 is 32.6 Å². The third-order valence-corrected chi connectivity index (χ3v) is 9.01. The predicted molar refractivity (Wildman–Crippen MR) is 180 cm³/mol. The molecular formula is C35H48N4O7S. The molecule has 11 nitrogen and oxygen atoms in total. The molecule has 0 heterocycles. The smallest absolute Gasteiger partial charge is 0.294 e. The third kappa shape index (κ3) is 12.0. The Hall–Kier alpha value is -3.94. The summed E-state index contributed by atoms with van der Waals surface area (Å²) < 4.78 is 29.6. The van der Waals surface area contributed by atoms with Crippen molar-refractivity contribution in [3.63, 3.8) is 0 Å². The van der Waals surface area contributed by atoms with E-state index in [4.69, 9.17) is 16.1 Å². The van der Waals surface area contributed by atoms with Crippen molar-refractivity contribution in [2.45, 2.75) is 64.2 Å². The Kier molecular flexibility index (Phi) is 15.9. The van der Waals surface area contributed by atoms with Crippen LogP contribution in [-0.4, -0.2) is 42.3 Å². The minimum atomic E-state index is -4.02. The fourth-order valence-corrected chi connectivity index (χ4v) is 6.34. The molecule has 2 amide bonds. The molecule has 0 fully saturated rings. The number of Topliss-reactive ketones (excluding diaryl/α,β-unsaturated/α-hetero) is 1. The largest absolute Gasteiger partial charge is 0.330 e. The molecule has 3 aromatic rings. The molecule has 256 valence electrons. The monoisotopic (exact) mass is 668 g/mol. The Labute approximate surface area is 277 Å². The van der Waals surface area contributed by atoms with Crippen LogP contribution >= 0.6 is 0 Å². The van der Waals surface area contributed by atoms with Gasteiger partial charge in [-0.3, -0.25) is 29.6 Å². The highest BCUT2D eigenvalue weighted by Gasteiger charge is 2.53. The molecule has 3 atom stereocenters. The number of nitrogens with one attached hydrogen (secondary N) is 2. The maximum absolute atomic E-state index is 14.1. The van der Waals surface area contributed by atoms with Crippen molar-refractivity contribution in [1.82, 2.24) is 10.9 Å². The maximum atomic E-state index is 14.1. The summed E-state index contributed by atoms with van der Waals surface area (Å²) in [6.45, 7) is 6.03. The summed E-state index contributed by atoms with van der Waals surface area (Å²) in [6, 6.07) is 25.1. The van der Waals surface area contributed by atoms with E-state index in [0.29, 0.717) is 32.2 Å². The van der Waals surface area contributed by atoms with Gasteiger partial charge in [0, 0.05) is 11.8 Å². The first-order valence-electron chi connectivity index (χ1n) is 15.6. The lowest BCUT2D eigenvalue weighted by molar-refractivity contribution is -0.154. The molecule has 0 saturated heterocycles. The molecule has 1 unspecified atom stereocenters. The lowest BCUT2D eigenvalue weighted by atomic mass is 9.59. The summed E-state index contributed by atoms with van der Waals surface area (Å²) in [5.74, 6) is 2.04. The van der Waals surface area contributed by atoms with E-state index in [1.807, 2.05) is 81.4 Å². The van der Waals surface area contributed by atoms with E-state index in [1.165, 1.54) is 12.1 Å². The molecule has 12 heteroatoms. The maximum Gasteiger partial charge on any atom is 0.294 e. The molecule has 0 bridgehead atoms. The minimum Gasteiger partial charge on any atom is -0.330 e. The SMILES string of the molecule is CC(C)C[C@@H](C(=O)NN)[C@H](C(=O)NO)C(CCc1ccccc1)(Cc1ccccc1)C(=O)CCCN.Cc1ccc(S(=O)(=O)O)cc1. The molecule has 0 spiro atoms. The fraction of sp³-hybridized carbons (Fsp3) is 0.400. The molecule has 8 N–H and O–H groups in total. The van der Waals surface area contributed by atoms with E-state index in [9.17, 15) is 28.0 Å². The van der Waals surface area contributed by atoms with Crippen LogP contribution in [0.4, 0.5) is 0 Å². The molecule has 0 aliphatic heterocycles. The molecule has 47 heavy (non-hydrogen) atoms. The van der Waals surface area contributed by atoms with Gasteiger partial charge in [0.1, 0.15) is 5.78 Å². The Balaban J connectivity index is 0.000000587. The van der Waals surface area contributed by atoms with Crippen molar-refractivity contribution in [2.75, 3.05) is 6.54 Å². The first-order chi connectivity index (χ1) is 22.3. The van der Waals surface area contributed by atoms with E-state index in [1.54, 1.807) is 17.6 Å². The fourth-order valence-electron chi connectivity index (χ4n) is 5.86. The number of aryl methyl sites for hydroxylation is 2.